The van der Waals surface area contributed by atoms with E-state index in [9.17, 15) is 13.2 Å². The Labute approximate surface area is 99.7 Å². The summed E-state index contributed by atoms with van der Waals surface area (Å²) in [5.41, 5.74) is 1.57. The van der Waals surface area contributed by atoms with Crippen LogP contribution in [0.15, 0.2) is 18.2 Å². The van der Waals surface area contributed by atoms with Crippen molar-refractivity contribution in [1.29, 1.82) is 0 Å². The van der Waals surface area contributed by atoms with Crippen molar-refractivity contribution in [1.82, 2.24) is 0 Å². The Morgan fingerprint density at radius 2 is 2.12 bits per heavy atom. The topological polar surface area (TPSA) is 74.7 Å². The molecule has 17 heavy (non-hydrogen) atoms. The minimum absolute atomic E-state index is 0.194. The highest BCUT2D eigenvalue weighted by atomic mass is 32.2. The molecule has 0 aromatic heterocycles. The summed E-state index contributed by atoms with van der Waals surface area (Å²) in [6, 6.07) is 4.55. The van der Waals surface area contributed by atoms with Crippen molar-refractivity contribution in [3.8, 4) is 0 Å². The second kappa shape index (κ2) is 4.03. The Morgan fingerprint density at radius 3 is 2.71 bits per heavy atom. The lowest BCUT2D eigenvalue weighted by atomic mass is 10.0. The Balaban J connectivity index is 2.51. The summed E-state index contributed by atoms with van der Waals surface area (Å²) in [5.74, 6) is -0.996. The van der Waals surface area contributed by atoms with Gasteiger partial charge in [-0.1, -0.05) is 0 Å². The van der Waals surface area contributed by atoms with Gasteiger partial charge in [0.1, 0.15) is 0 Å². The zero-order chi connectivity index (χ0) is 12.6. The molecular formula is C11H13NO4S. The van der Waals surface area contributed by atoms with Gasteiger partial charge in [-0.25, -0.2) is 13.2 Å². The molecule has 2 rings (SSSR count). The van der Waals surface area contributed by atoms with E-state index in [0.29, 0.717) is 25.1 Å². The van der Waals surface area contributed by atoms with Crippen molar-refractivity contribution < 1.29 is 18.3 Å². The van der Waals surface area contributed by atoms with E-state index in [1.54, 1.807) is 12.1 Å². The van der Waals surface area contributed by atoms with E-state index in [1.165, 1.54) is 10.4 Å². The average molecular weight is 255 g/mol. The number of aryl methyl sites for hydroxylation is 1. The van der Waals surface area contributed by atoms with Gasteiger partial charge in [0.25, 0.3) is 0 Å². The van der Waals surface area contributed by atoms with Crippen molar-refractivity contribution in [2.24, 2.45) is 0 Å². The average Bonchev–Trinajstić information content (AvgIpc) is 2.26. The summed E-state index contributed by atoms with van der Waals surface area (Å²) < 4.78 is 24.5. The van der Waals surface area contributed by atoms with Crippen molar-refractivity contribution in [2.45, 2.75) is 12.8 Å². The van der Waals surface area contributed by atoms with Crippen molar-refractivity contribution in [2.75, 3.05) is 17.1 Å². The minimum Gasteiger partial charge on any atom is -0.478 e. The highest BCUT2D eigenvalue weighted by Crippen LogP contribution is 2.29. The predicted molar refractivity (Wildman–Crippen MR) is 63.9 cm³/mol. The number of carbonyl (C=O) groups is 1. The molecule has 1 aliphatic heterocycles. The molecule has 1 heterocycles. The molecule has 0 fully saturated rings. The number of hydrogen-bond acceptors (Lipinski definition) is 3. The smallest absolute Gasteiger partial charge is 0.335 e. The summed E-state index contributed by atoms with van der Waals surface area (Å²) in [4.78, 5) is 10.8. The van der Waals surface area contributed by atoms with Gasteiger partial charge in [-0.15, -0.1) is 0 Å². The van der Waals surface area contributed by atoms with Crippen LogP contribution in [0.3, 0.4) is 0 Å². The van der Waals surface area contributed by atoms with Gasteiger partial charge in [-0.3, -0.25) is 4.31 Å². The number of anilines is 1. The second-order valence-corrected chi connectivity index (χ2v) is 5.99. The fourth-order valence-electron chi connectivity index (χ4n) is 2.04. The summed E-state index contributed by atoms with van der Waals surface area (Å²) in [5, 5.41) is 8.88. The molecule has 0 atom stereocenters. The van der Waals surface area contributed by atoms with Gasteiger partial charge >= 0.3 is 5.97 Å². The molecule has 1 aliphatic rings. The van der Waals surface area contributed by atoms with Gasteiger partial charge in [0.05, 0.1) is 17.5 Å². The van der Waals surface area contributed by atoms with Crippen LogP contribution in [0.4, 0.5) is 5.69 Å². The number of aromatic carboxylic acids is 1. The summed E-state index contributed by atoms with van der Waals surface area (Å²) in [7, 11) is -3.29. The van der Waals surface area contributed by atoms with Crippen LogP contribution in [0.1, 0.15) is 22.3 Å². The van der Waals surface area contributed by atoms with Crippen molar-refractivity contribution in [3.63, 3.8) is 0 Å². The molecule has 0 aliphatic carbocycles. The SMILES string of the molecule is CS(=O)(=O)N1CCCc2cc(C(=O)O)ccc21. The first-order valence-corrected chi connectivity index (χ1v) is 7.08. The van der Waals surface area contributed by atoms with Gasteiger partial charge in [0.15, 0.2) is 0 Å². The normalized spacial score (nSPS) is 15.5. The zero-order valence-electron chi connectivity index (χ0n) is 9.38. The van der Waals surface area contributed by atoms with Crippen LogP contribution in [0.5, 0.6) is 0 Å². The maximum atomic E-state index is 11.6. The van der Waals surface area contributed by atoms with Gasteiger partial charge < -0.3 is 5.11 Å². The Kier molecular flexibility index (Phi) is 2.82. The molecule has 0 bridgehead atoms. The highest BCUT2D eigenvalue weighted by molar-refractivity contribution is 7.92. The first-order chi connectivity index (χ1) is 7.89. The molecule has 6 heteroatoms. The number of benzene rings is 1. The lowest BCUT2D eigenvalue weighted by Gasteiger charge is -2.29. The van der Waals surface area contributed by atoms with Crippen molar-refractivity contribution >= 4 is 21.7 Å². The predicted octanol–water partition coefficient (Wildman–Crippen LogP) is 1.10. The molecule has 0 radical (unpaired) electrons. The van der Waals surface area contributed by atoms with E-state index >= 15 is 0 Å². The van der Waals surface area contributed by atoms with E-state index in [4.69, 9.17) is 5.11 Å². The summed E-state index contributed by atoms with van der Waals surface area (Å²) in [6.07, 6.45) is 2.58. The number of rotatable bonds is 2. The number of carboxylic acids is 1. The quantitative estimate of drug-likeness (QED) is 0.858. The van der Waals surface area contributed by atoms with Gasteiger partial charge in [0.2, 0.25) is 10.0 Å². The number of carboxylic acid groups (broad SMARTS) is 1. The molecular weight excluding hydrogens is 242 g/mol. The van der Waals surface area contributed by atoms with Crippen LogP contribution in [0.2, 0.25) is 0 Å². The second-order valence-electron chi connectivity index (χ2n) is 4.09. The molecule has 0 spiro atoms. The monoisotopic (exact) mass is 255 g/mol. The van der Waals surface area contributed by atoms with Gasteiger partial charge in [0, 0.05) is 6.54 Å². The molecule has 1 aromatic carbocycles. The lowest BCUT2D eigenvalue weighted by molar-refractivity contribution is 0.0697. The Hall–Kier alpha value is -1.56. The standard InChI is InChI=1S/C11H13NO4S/c1-17(15,16)12-6-2-3-8-7-9(11(13)14)4-5-10(8)12/h4-5,7H,2-3,6H2,1H3,(H,13,14). The number of fused-ring (bicyclic) bond motifs is 1. The Morgan fingerprint density at radius 1 is 1.41 bits per heavy atom. The van der Waals surface area contributed by atoms with E-state index in [2.05, 4.69) is 0 Å². The van der Waals surface area contributed by atoms with Gasteiger partial charge in [-0.2, -0.15) is 0 Å². The third-order valence-corrected chi connectivity index (χ3v) is 3.98. The van der Waals surface area contributed by atoms with Gasteiger partial charge in [-0.05, 0) is 36.6 Å². The molecule has 0 amide bonds. The highest BCUT2D eigenvalue weighted by Gasteiger charge is 2.24. The Bertz CT molecular complexity index is 565. The third-order valence-electron chi connectivity index (χ3n) is 2.80. The van der Waals surface area contributed by atoms with E-state index in [-0.39, 0.29) is 5.56 Å². The van der Waals surface area contributed by atoms with Crippen LogP contribution in [0.25, 0.3) is 0 Å². The molecule has 0 saturated carbocycles. The number of hydrogen-bond donors (Lipinski definition) is 1. The summed E-state index contributed by atoms with van der Waals surface area (Å²) >= 11 is 0. The molecule has 5 nitrogen and oxygen atoms in total. The molecule has 92 valence electrons. The fourth-order valence-corrected chi connectivity index (χ4v) is 3.04. The van der Waals surface area contributed by atoms with Crippen molar-refractivity contribution in [3.05, 3.63) is 29.3 Å². The molecule has 0 saturated heterocycles. The fraction of sp³-hybridized carbons (Fsp3) is 0.364. The molecule has 0 unspecified atom stereocenters. The lowest BCUT2D eigenvalue weighted by Crippen LogP contribution is -2.34. The zero-order valence-corrected chi connectivity index (χ0v) is 10.2. The largest absolute Gasteiger partial charge is 0.478 e. The van der Waals surface area contributed by atoms with Crippen LogP contribution in [-0.2, 0) is 16.4 Å². The van der Waals surface area contributed by atoms with Crippen LogP contribution < -0.4 is 4.31 Å². The maximum Gasteiger partial charge on any atom is 0.335 e. The maximum absolute atomic E-state index is 11.6. The first kappa shape index (κ1) is 11.9. The molecule has 1 N–H and O–H groups in total. The minimum atomic E-state index is -3.29. The first-order valence-electron chi connectivity index (χ1n) is 5.23. The third kappa shape index (κ3) is 2.26. The van der Waals surface area contributed by atoms with E-state index in [0.717, 1.165) is 11.8 Å². The number of nitrogens with zero attached hydrogens (tertiary/aromatic N) is 1. The molecule has 1 aromatic rings. The number of sulfonamides is 1. The van der Waals surface area contributed by atoms with Crippen LogP contribution in [-0.4, -0.2) is 32.3 Å². The van der Waals surface area contributed by atoms with Crippen LogP contribution in [0, 0.1) is 0 Å². The van der Waals surface area contributed by atoms with E-state index in [1.807, 2.05) is 0 Å². The summed E-state index contributed by atoms with van der Waals surface area (Å²) in [6.45, 7) is 0.457. The van der Waals surface area contributed by atoms with E-state index < -0.39 is 16.0 Å². The van der Waals surface area contributed by atoms with Crippen LogP contribution >= 0.6 is 0 Å².